The van der Waals surface area contributed by atoms with E-state index in [0.717, 1.165) is 0 Å². The molecule has 2 rings (SSSR count). The molecule has 0 saturated carbocycles. The molecule has 1 aliphatic heterocycles. The molecule has 2 N–H and O–H groups in total. The minimum absolute atomic E-state index is 0.0276. The smallest absolute Gasteiger partial charge is 0.261 e. The highest BCUT2D eigenvalue weighted by Crippen LogP contribution is 2.24. The van der Waals surface area contributed by atoms with Gasteiger partial charge in [-0.2, -0.15) is 0 Å². The van der Waals surface area contributed by atoms with Crippen LogP contribution in [-0.2, 0) is 9.59 Å². The number of para-hydroxylation sites is 1. The third kappa shape index (κ3) is 4.36. The average Bonchev–Trinajstić information content (AvgIpc) is 2.48. The Balaban J connectivity index is 1.92. The Morgan fingerprint density at radius 3 is 2.90 bits per heavy atom. The van der Waals surface area contributed by atoms with Gasteiger partial charge in [0.05, 0.1) is 5.02 Å². The zero-order chi connectivity index (χ0) is 15.2. The lowest BCUT2D eigenvalue weighted by atomic mass is 10.1. The Morgan fingerprint density at radius 1 is 1.52 bits per heavy atom. The molecule has 5 nitrogen and oxygen atoms in total. The lowest BCUT2D eigenvalue weighted by Crippen LogP contribution is -2.51. The van der Waals surface area contributed by atoms with Crippen molar-refractivity contribution in [3.05, 3.63) is 29.3 Å². The maximum atomic E-state index is 12.2. The molecule has 114 valence electrons. The Labute approximate surface area is 129 Å². The van der Waals surface area contributed by atoms with Crippen molar-refractivity contribution in [2.24, 2.45) is 0 Å². The highest BCUT2D eigenvalue weighted by atomic mass is 35.5. The molecule has 1 aliphatic rings. The number of ether oxygens (including phenoxy) is 1. The van der Waals surface area contributed by atoms with Crippen molar-refractivity contribution in [2.45, 2.75) is 38.3 Å². The van der Waals surface area contributed by atoms with Gasteiger partial charge in [-0.3, -0.25) is 9.59 Å². The first kappa shape index (κ1) is 15.6. The van der Waals surface area contributed by atoms with Gasteiger partial charge in [-0.15, -0.1) is 0 Å². The Kier molecular flexibility index (Phi) is 5.44. The summed E-state index contributed by atoms with van der Waals surface area (Å²) in [7, 11) is 0. The van der Waals surface area contributed by atoms with E-state index in [9.17, 15) is 9.59 Å². The van der Waals surface area contributed by atoms with Crippen LogP contribution in [0.15, 0.2) is 24.3 Å². The summed E-state index contributed by atoms with van der Waals surface area (Å²) in [6.45, 7) is 2.34. The van der Waals surface area contributed by atoms with E-state index in [1.54, 1.807) is 18.2 Å². The molecule has 1 saturated heterocycles. The lowest BCUT2D eigenvalue weighted by molar-refractivity contribution is -0.130. The summed E-state index contributed by atoms with van der Waals surface area (Å²) in [6.07, 6.45) is 1.03. The molecule has 21 heavy (non-hydrogen) atoms. The van der Waals surface area contributed by atoms with Gasteiger partial charge in [0.15, 0.2) is 6.10 Å². The van der Waals surface area contributed by atoms with E-state index in [1.807, 2.05) is 13.0 Å². The van der Waals surface area contributed by atoms with E-state index >= 15 is 0 Å². The van der Waals surface area contributed by atoms with Crippen molar-refractivity contribution in [2.75, 3.05) is 6.54 Å². The first-order valence-corrected chi connectivity index (χ1v) is 7.46. The van der Waals surface area contributed by atoms with Gasteiger partial charge in [0.2, 0.25) is 5.91 Å². The molecule has 1 fully saturated rings. The molecule has 1 heterocycles. The third-order valence-corrected chi connectivity index (χ3v) is 3.69. The summed E-state index contributed by atoms with van der Waals surface area (Å²) >= 11 is 6.03. The lowest BCUT2D eigenvalue weighted by Gasteiger charge is -2.26. The summed E-state index contributed by atoms with van der Waals surface area (Å²) < 4.78 is 5.69. The van der Waals surface area contributed by atoms with E-state index < -0.39 is 6.10 Å². The topological polar surface area (TPSA) is 67.4 Å². The van der Waals surface area contributed by atoms with Gasteiger partial charge >= 0.3 is 0 Å². The second-order valence-corrected chi connectivity index (χ2v) is 5.40. The minimum Gasteiger partial charge on any atom is -0.479 e. The van der Waals surface area contributed by atoms with Gasteiger partial charge in [0.1, 0.15) is 5.75 Å². The maximum absolute atomic E-state index is 12.2. The van der Waals surface area contributed by atoms with Crippen molar-refractivity contribution in [1.29, 1.82) is 0 Å². The van der Waals surface area contributed by atoms with Crippen LogP contribution in [0.2, 0.25) is 5.02 Å². The predicted octanol–water partition coefficient (Wildman–Crippen LogP) is 1.89. The molecule has 2 amide bonds. The fourth-order valence-electron chi connectivity index (χ4n) is 2.17. The number of rotatable bonds is 5. The van der Waals surface area contributed by atoms with Crippen LogP contribution in [0.4, 0.5) is 0 Å². The number of carbonyl (C=O) groups is 2. The first-order chi connectivity index (χ1) is 10.1. The van der Waals surface area contributed by atoms with Gasteiger partial charge in [-0.1, -0.05) is 30.7 Å². The molecule has 0 spiro atoms. The number of nitrogens with one attached hydrogen (secondary N) is 2. The van der Waals surface area contributed by atoms with Crippen molar-refractivity contribution >= 4 is 23.4 Å². The Hall–Kier alpha value is -1.75. The number of benzene rings is 1. The molecule has 6 heteroatoms. The van der Waals surface area contributed by atoms with Gasteiger partial charge < -0.3 is 15.4 Å². The summed E-state index contributed by atoms with van der Waals surface area (Å²) in [4.78, 5) is 23.3. The molecule has 0 aromatic heterocycles. The first-order valence-electron chi connectivity index (χ1n) is 7.08. The highest BCUT2D eigenvalue weighted by molar-refractivity contribution is 6.32. The predicted molar refractivity (Wildman–Crippen MR) is 80.3 cm³/mol. The van der Waals surface area contributed by atoms with E-state index in [-0.39, 0.29) is 17.9 Å². The number of hydrogen-bond acceptors (Lipinski definition) is 3. The zero-order valence-corrected chi connectivity index (χ0v) is 12.7. The number of halogens is 1. The molecule has 1 aromatic carbocycles. The largest absolute Gasteiger partial charge is 0.479 e. The summed E-state index contributed by atoms with van der Waals surface area (Å²) in [5.74, 6) is 0.344. The van der Waals surface area contributed by atoms with E-state index in [1.165, 1.54) is 0 Å². The van der Waals surface area contributed by atoms with E-state index in [0.29, 0.717) is 36.6 Å². The van der Waals surface area contributed by atoms with Crippen molar-refractivity contribution in [3.8, 4) is 5.75 Å². The molecule has 2 unspecified atom stereocenters. The number of amides is 2. The normalized spacial score (nSPS) is 19.5. The molecule has 0 radical (unpaired) electrons. The van der Waals surface area contributed by atoms with Crippen LogP contribution in [0, 0.1) is 0 Å². The molecular formula is C15H19ClN2O3. The van der Waals surface area contributed by atoms with Crippen LogP contribution >= 0.6 is 11.6 Å². The van der Waals surface area contributed by atoms with Crippen molar-refractivity contribution in [1.82, 2.24) is 10.6 Å². The molecule has 0 aliphatic carbocycles. The fourth-order valence-corrected chi connectivity index (χ4v) is 2.35. The van der Waals surface area contributed by atoms with Crippen molar-refractivity contribution < 1.29 is 14.3 Å². The third-order valence-electron chi connectivity index (χ3n) is 3.38. The minimum atomic E-state index is -0.595. The van der Waals surface area contributed by atoms with Crippen LogP contribution in [0.3, 0.4) is 0 Å². The SMILES string of the molecule is CCC(Oc1ccccc1Cl)C(=O)NC1CCC(=O)NC1. The monoisotopic (exact) mass is 310 g/mol. The zero-order valence-electron chi connectivity index (χ0n) is 11.9. The quantitative estimate of drug-likeness (QED) is 0.873. The van der Waals surface area contributed by atoms with Crippen molar-refractivity contribution in [3.63, 3.8) is 0 Å². The maximum Gasteiger partial charge on any atom is 0.261 e. The Morgan fingerprint density at radius 2 is 2.29 bits per heavy atom. The van der Waals surface area contributed by atoms with Gasteiger partial charge in [-0.05, 0) is 25.0 Å². The standard InChI is InChI=1S/C15H19ClN2O3/c1-2-12(21-13-6-4-3-5-11(13)16)15(20)18-10-7-8-14(19)17-9-10/h3-6,10,12H,2,7-9H2,1H3,(H,17,19)(H,18,20). The van der Waals surface area contributed by atoms with Gasteiger partial charge in [-0.25, -0.2) is 0 Å². The molecular weight excluding hydrogens is 292 g/mol. The second kappa shape index (κ2) is 7.31. The van der Waals surface area contributed by atoms with Crippen LogP contribution in [-0.4, -0.2) is 30.5 Å². The summed E-state index contributed by atoms with van der Waals surface area (Å²) in [6, 6.07) is 7.03. The number of hydrogen-bond donors (Lipinski definition) is 2. The van der Waals surface area contributed by atoms with Gasteiger partial charge in [0, 0.05) is 19.0 Å². The molecule has 2 atom stereocenters. The van der Waals surface area contributed by atoms with Crippen LogP contribution in [0.5, 0.6) is 5.75 Å². The second-order valence-electron chi connectivity index (χ2n) is 4.99. The number of carbonyl (C=O) groups excluding carboxylic acids is 2. The van der Waals surface area contributed by atoms with E-state index in [2.05, 4.69) is 10.6 Å². The van der Waals surface area contributed by atoms with Crippen LogP contribution in [0.25, 0.3) is 0 Å². The van der Waals surface area contributed by atoms with E-state index in [4.69, 9.17) is 16.3 Å². The Bertz CT molecular complexity index is 511. The number of piperidine rings is 1. The molecule has 1 aromatic rings. The summed E-state index contributed by atoms with van der Waals surface area (Å²) in [5, 5.41) is 6.13. The fraction of sp³-hybridized carbons (Fsp3) is 0.467. The van der Waals surface area contributed by atoms with Gasteiger partial charge in [0.25, 0.3) is 5.91 Å². The summed E-state index contributed by atoms with van der Waals surface area (Å²) in [5.41, 5.74) is 0. The highest BCUT2D eigenvalue weighted by Gasteiger charge is 2.25. The van der Waals surface area contributed by atoms with Crippen LogP contribution in [0.1, 0.15) is 26.2 Å². The van der Waals surface area contributed by atoms with Crippen LogP contribution < -0.4 is 15.4 Å². The average molecular weight is 311 g/mol. The molecule has 0 bridgehead atoms.